The summed E-state index contributed by atoms with van der Waals surface area (Å²) in [6.07, 6.45) is 0.196. The molecular formula is C25H28F4N4O4. The van der Waals surface area contributed by atoms with E-state index in [0.29, 0.717) is 19.0 Å². The number of aromatic nitrogens is 1. The number of nitrogens with zero attached hydrogens (tertiary/aromatic N) is 2. The van der Waals surface area contributed by atoms with Gasteiger partial charge in [-0.1, -0.05) is 0 Å². The van der Waals surface area contributed by atoms with Crippen molar-refractivity contribution in [2.75, 3.05) is 25.1 Å². The van der Waals surface area contributed by atoms with E-state index in [9.17, 15) is 27.2 Å². The summed E-state index contributed by atoms with van der Waals surface area (Å²) in [5, 5.41) is 2.80. The number of hydrogen-bond acceptors (Lipinski definition) is 6. The van der Waals surface area contributed by atoms with E-state index in [1.807, 2.05) is 0 Å². The first-order valence-electron chi connectivity index (χ1n) is 11.9. The first kappa shape index (κ1) is 26.5. The number of primary amides is 1. The number of halogens is 4. The molecule has 1 aromatic carbocycles. The molecule has 1 aliphatic heterocycles. The van der Waals surface area contributed by atoms with Crippen molar-refractivity contribution in [2.45, 2.75) is 56.6 Å². The summed E-state index contributed by atoms with van der Waals surface area (Å²) in [7, 11) is 1.33. The molecule has 0 spiro atoms. The van der Waals surface area contributed by atoms with Crippen LogP contribution in [0.1, 0.15) is 49.4 Å². The lowest BCUT2D eigenvalue weighted by atomic mass is 9.92. The summed E-state index contributed by atoms with van der Waals surface area (Å²) in [5.41, 5.74) is 4.79. The SMILES string of the molecule is COc1ncc(C(=O)NC2CCC(F)(F)CC2)c(N2CCC(C)(OC(N)=O)C2)c1-c1cc(F)cc(F)c1. The van der Waals surface area contributed by atoms with E-state index in [1.54, 1.807) is 11.8 Å². The number of pyridine rings is 1. The molecule has 1 unspecified atom stereocenters. The minimum absolute atomic E-state index is 0.0123. The molecule has 2 aliphatic rings. The maximum Gasteiger partial charge on any atom is 0.405 e. The van der Waals surface area contributed by atoms with E-state index < -0.39 is 41.2 Å². The Labute approximate surface area is 211 Å². The number of amides is 2. The van der Waals surface area contributed by atoms with Crippen LogP contribution in [0.2, 0.25) is 0 Å². The van der Waals surface area contributed by atoms with Crippen molar-refractivity contribution >= 4 is 17.7 Å². The Balaban J connectivity index is 1.79. The maximum atomic E-state index is 14.2. The highest BCUT2D eigenvalue weighted by atomic mass is 19.3. The molecule has 1 saturated carbocycles. The number of methoxy groups -OCH3 is 1. The summed E-state index contributed by atoms with van der Waals surface area (Å²) < 4.78 is 66.4. The molecule has 2 amide bonds. The number of nitrogens with one attached hydrogen (secondary N) is 1. The summed E-state index contributed by atoms with van der Waals surface area (Å²) in [6.45, 7) is 2.10. The second kappa shape index (κ2) is 10.1. The van der Waals surface area contributed by atoms with Gasteiger partial charge in [-0.25, -0.2) is 27.3 Å². The van der Waals surface area contributed by atoms with Crippen LogP contribution in [0.5, 0.6) is 5.88 Å². The molecule has 0 radical (unpaired) electrons. The van der Waals surface area contributed by atoms with Gasteiger partial charge >= 0.3 is 6.09 Å². The second-order valence-corrected chi connectivity index (χ2v) is 9.71. The number of ether oxygens (including phenoxy) is 2. The molecule has 3 N–H and O–H groups in total. The fraction of sp³-hybridized carbons (Fsp3) is 0.480. The lowest BCUT2D eigenvalue weighted by molar-refractivity contribution is -0.0399. The molecule has 2 aromatic rings. The van der Waals surface area contributed by atoms with Gasteiger partial charge in [0.2, 0.25) is 11.8 Å². The topological polar surface area (TPSA) is 107 Å². The van der Waals surface area contributed by atoms with Crippen molar-refractivity contribution in [3.63, 3.8) is 0 Å². The molecule has 200 valence electrons. The van der Waals surface area contributed by atoms with E-state index in [2.05, 4.69) is 10.3 Å². The first-order valence-corrected chi connectivity index (χ1v) is 11.9. The van der Waals surface area contributed by atoms with Crippen LogP contribution < -0.4 is 20.7 Å². The summed E-state index contributed by atoms with van der Waals surface area (Å²) in [6, 6.07) is 2.42. The largest absolute Gasteiger partial charge is 0.480 e. The predicted molar refractivity (Wildman–Crippen MR) is 127 cm³/mol. The van der Waals surface area contributed by atoms with Crippen molar-refractivity contribution in [3.05, 3.63) is 41.6 Å². The Morgan fingerprint density at radius 1 is 1.14 bits per heavy atom. The molecule has 1 aromatic heterocycles. The monoisotopic (exact) mass is 524 g/mol. The molecular weight excluding hydrogens is 496 g/mol. The van der Waals surface area contributed by atoms with Gasteiger partial charge in [-0.2, -0.15) is 0 Å². The standard InChI is InChI=1S/C25H28F4N4O4/c1-24(37-23(30)35)7-8-33(13-24)20-18(21(34)32-17-3-5-25(28,29)6-4-17)12-31-22(36-2)19(20)14-9-15(26)11-16(27)10-14/h9-12,17H,3-8,13H2,1-2H3,(H2,30,35)(H,32,34). The van der Waals surface area contributed by atoms with Gasteiger partial charge < -0.3 is 25.4 Å². The summed E-state index contributed by atoms with van der Waals surface area (Å²) in [5.74, 6) is -5.02. The molecule has 1 aliphatic carbocycles. The predicted octanol–water partition coefficient (Wildman–Crippen LogP) is 4.41. The van der Waals surface area contributed by atoms with Crippen LogP contribution in [0.3, 0.4) is 0 Å². The molecule has 0 bridgehead atoms. The van der Waals surface area contributed by atoms with Crippen LogP contribution in [0, 0.1) is 11.6 Å². The van der Waals surface area contributed by atoms with Crippen molar-refractivity contribution in [1.29, 1.82) is 0 Å². The number of alkyl halides is 2. The summed E-state index contributed by atoms with van der Waals surface area (Å²) >= 11 is 0. The van der Waals surface area contributed by atoms with Crippen LogP contribution in [0.15, 0.2) is 24.4 Å². The fourth-order valence-corrected chi connectivity index (χ4v) is 4.99. The molecule has 4 rings (SSSR count). The number of hydrogen-bond donors (Lipinski definition) is 2. The van der Waals surface area contributed by atoms with Gasteiger partial charge in [0.1, 0.15) is 17.2 Å². The minimum Gasteiger partial charge on any atom is -0.480 e. The smallest absolute Gasteiger partial charge is 0.405 e. The number of carbonyl (C=O) groups excluding carboxylic acids is 2. The Morgan fingerprint density at radius 2 is 1.78 bits per heavy atom. The third-order valence-corrected chi connectivity index (χ3v) is 6.76. The lowest BCUT2D eigenvalue weighted by Gasteiger charge is -2.30. The summed E-state index contributed by atoms with van der Waals surface area (Å²) in [4.78, 5) is 30.8. The van der Waals surface area contributed by atoms with Crippen LogP contribution in [0.4, 0.5) is 28.0 Å². The van der Waals surface area contributed by atoms with Gasteiger partial charge in [-0.15, -0.1) is 0 Å². The second-order valence-electron chi connectivity index (χ2n) is 9.71. The normalized spacial score (nSPS) is 21.5. The van der Waals surface area contributed by atoms with Gasteiger partial charge in [-0.05, 0) is 37.5 Å². The zero-order valence-electron chi connectivity index (χ0n) is 20.5. The molecule has 2 fully saturated rings. The van der Waals surface area contributed by atoms with Crippen molar-refractivity contribution < 1.29 is 36.6 Å². The van der Waals surface area contributed by atoms with Gasteiger partial charge in [0.15, 0.2) is 0 Å². The van der Waals surface area contributed by atoms with Gasteiger partial charge in [0.25, 0.3) is 5.91 Å². The van der Waals surface area contributed by atoms with Crippen LogP contribution in [-0.4, -0.2) is 54.7 Å². The van der Waals surface area contributed by atoms with Crippen LogP contribution >= 0.6 is 0 Å². The number of benzene rings is 1. The van der Waals surface area contributed by atoms with Crippen molar-refractivity contribution in [3.8, 4) is 17.0 Å². The van der Waals surface area contributed by atoms with E-state index in [1.165, 1.54) is 13.3 Å². The highest BCUT2D eigenvalue weighted by Gasteiger charge is 2.41. The van der Waals surface area contributed by atoms with E-state index >= 15 is 0 Å². The average Bonchev–Trinajstić information content (AvgIpc) is 3.19. The number of rotatable bonds is 6. The fourth-order valence-electron chi connectivity index (χ4n) is 4.99. The molecule has 37 heavy (non-hydrogen) atoms. The molecule has 1 atom stereocenters. The quantitative estimate of drug-likeness (QED) is 0.543. The van der Waals surface area contributed by atoms with E-state index in [4.69, 9.17) is 15.2 Å². The molecule has 8 nitrogen and oxygen atoms in total. The Bertz CT molecular complexity index is 1180. The number of anilines is 1. The third-order valence-electron chi connectivity index (χ3n) is 6.76. The highest BCUT2D eigenvalue weighted by molar-refractivity contribution is 6.04. The Hall–Kier alpha value is -3.57. The van der Waals surface area contributed by atoms with Gasteiger partial charge in [-0.3, -0.25) is 4.79 Å². The molecule has 1 saturated heterocycles. The van der Waals surface area contributed by atoms with Gasteiger partial charge in [0, 0.05) is 44.1 Å². The minimum atomic E-state index is -2.76. The van der Waals surface area contributed by atoms with Crippen LogP contribution in [0.25, 0.3) is 11.1 Å². The van der Waals surface area contributed by atoms with Gasteiger partial charge in [0.05, 0.1) is 30.5 Å². The van der Waals surface area contributed by atoms with E-state index in [0.717, 1.165) is 12.1 Å². The third kappa shape index (κ3) is 5.89. The number of nitrogens with two attached hydrogens (primary N) is 1. The van der Waals surface area contributed by atoms with Crippen LogP contribution in [-0.2, 0) is 4.74 Å². The highest BCUT2D eigenvalue weighted by Crippen LogP contribution is 2.43. The maximum absolute atomic E-state index is 14.2. The van der Waals surface area contributed by atoms with Crippen molar-refractivity contribution in [1.82, 2.24) is 10.3 Å². The molecule has 12 heteroatoms. The average molecular weight is 525 g/mol. The Morgan fingerprint density at radius 3 is 2.38 bits per heavy atom. The number of carbonyl (C=O) groups is 2. The zero-order chi connectivity index (χ0) is 27.0. The molecule has 2 heterocycles. The first-order chi connectivity index (χ1) is 17.4. The zero-order valence-corrected chi connectivity index (χ0v) is 20.5. The van der Waals surface area contributed by atoms with Crippen molar-refractivity contribution in [2.24, 2.45) is 5.73 Å². The van der Waals surface area contributed by atoms with E-state index in [-0.39, 0.29) is 60.5 Å². The lowest BCUT2D eigenvalue weighted by Crippen LogP contribution is -2.41. The Kier molecular flexibility index (Phi) is 7.20.